The third-order valence-corrected chi connectivity index (χ3v) is 27.4. The summed E-state index contributed by atoms with van der Waals surface area (Å²) in [6.45, 7) is 8.22. The fourth-order valence-electron chi connectivity index (χ4n) is 15.9. The van der Waals surface area contributed by atoms with Crippen LogP contribution in [0.25, 0.3) is 0 Å². The lowest BCUT2D eigenvalue weighted by atomic mass is 9.78. The Balaban J connectivity index is 1.81. The van der Waals surface area contributed by atoms with Crippen molar-refractivity contribution in [2.24, 2.45) is 58.1 Å². The number of amides is 7. The van der Waals surface area contributed by atoms with Crippen molar-refractivity contribution in [3.05, 3.63) is 47.6 Å². The van der Waals surface area contributed by atoms with Gasteiger partial charge in [0.2, 0.25) is 41.2 Å². The summed E-state index contributed by atoms with van der Waals surface area (Å²) in [4.78, 5) is 265. The van der Waals surface area contributed by atoms with Crippen LogP contribution in [-0.4, -0.2) is 356 Å². The van der Waals surface area contributed by atoms with E-state index in [1.54, 1.807) is 45.1 Å². The lowest BCUT2D eigenvalue weighted by Gasteiger charge is -2.42. The maximum absolute atomic E-state index is 15.3. The lowest BCUT2D eigenvalue weighted by molar-refractivity contribution is -0.265. The second-order valence-corrected chi connectivity index (χ2v) is 39.3. The summed E-state index contributed by atoms with van der Waals surface area (Å²) in [5, 5.41) is 93.2. The van der Waals surface area contributed by atoms with Gasteiger partial charge in [0.15, 0.2) is 12.1 Å². The zero-order valence-corrected chi connectivity index (χ0v) is 84.1. The van der Waals surface area contributed by atoms with Crippen LogP contribution >= 0.6 is 35.3 Å². The fourth-order valence-corrected chi connectivity index (χ4v) is 18.4. The number of nitrogens with one attached hydrogen (secondary N) is 6. The molecule has 2 saturated heterocycles. The highest BCUT2D eigenvalue weighted by Gasteiger charge is 2.54. The minimum atomic E-state index is -2.67. The van der Waals surface area contributed by atoms with Gasteiger partial charge in [0.05, 0.1) is 29.8 Å². The highest BCUT2D eigenvalue weighted by Crippen LogP contribution is 2.40. The molecule has 2 unspecified atom stereocenters. The van der Waals surface area contributed by atoms with E-state index in [4.69, 9.17) is 59.8 Å². The first-order valence-electron chi connectivity index (χ1n) is 46.5. The number of ketones is 3. The molecule has 0 aromatic carbocycles. The molecule has 798 valence electrons. The Bertz CT molecular complexity index is 4390. The Kier molecular flexibility index (Phi) is 54.4. The number of hydrogen-bond acceptors (Lipinski definition) is 37. The first-order valence-corrected chi connectivity index (χ1v) is 50.0. The minimum absolute atomic E-state index is 0.0153. The third kappa shape index (κ3) is 42.9. The zero-order chi connectivity index (χ0) is 107. The molecule has 142 heavy (non-hydrogen) atoms. The number of ether oxygens (including phenoxy) is 9. The van der Waals surface area contributed by atoms with Crippen molar-refractivity contribution in [3.8, 4) is 0 Å². The Morgan fingerprint density at radius 1 is 0.592 bits per heavy atom. The number of fused-ring (bicyclic) bond motifs is 3. The van der Waals surface area contributed by atoms with Gasteiger partial charge in [0.1, 0.15) is 111 Å². The number of hydrogen-bond donors (Lipinski definition) is 17. The quantitative estimate of drug-likeness (QED) is 0.0125. The maximum atomic E-state index is 15.3. The summed E-state index contributed by atoms with van der Waals surface area (Å²) in [6, 6.07) is -10.3. The number of aliphatic hydroxyl groups is 2. The maximum Gasteiger partial charge on any atom is 0.329 e. The first-order chi connectivity index (χ1) is 66.8. The average molecular weight is 2070 g/mol. The largest absolute Gasteiger partial charge is 0.480 e. The van der Waals surface area contributed by atoms with Crippen LogP contribution in [0.4, 0.5) is 0 Å². The van der Waals surface area contributed by atoms with E-state index < -0.39 is 338 Å². The number of aliphatic hydroxyl groups excluding tert-OH is 1. The van der Waals surface area contributed by atoms with E-state index in [1.807, 2.05) is 19.9 Å². The van der Waals surface area contributed by atoms with Crippen molar-refractivity contribution in [1.29, 1.82) is 0 Å². The smallest absolute Gasteiger partial charge is 0.329 e. The summed E-state index contributed by atoms with van der Waals surface area (Å²) in [6.07, 6.45) is -0.289. The molecule has 3 fully saturated rings. The molecular formula is C92H140N10O37S3. The Morgan fingerprint density at radius 2 is 1.09 bits per heavy atom. The van der Waals surface area contributed by atoms with Crippen molar-refractivity contribution in [3.63, 3.8) is 0 Å². The number of Topliss-reactive ketones (excluding diaryl/α,β-unsaturated/α-hetero) is 3. The van der Waals surface area contributed by atoms with Crippen LogP contribution in [0.2, 0.25) is 0 Å². The number of nitrogens with zero attached hydrogens (tertiary/aromatic N) is 1. The molecule has 4 rings (SSSR count). The number of nitrogens with two attached hydrogens (primary N) is 3. The van der Waals surface area contributed by atoms with Gasteiger partial charge in [-0.3, -0.25) is 91.1 Å². The third-order valence-electron chi connectivity index (χ3n) is 24.3. The van der Waals surface area contributed by atoms with Crippen LogP contribution in [0.3, 0.4) is 0 Å². The summed E-state index contributed by atoms with van der Waals surface area (Å²) >= 11 is 2.22. The van der Waals surface area contributed by atoms with Crippen molar-refractivity contribution in [2.75, 3.05) is 95.2 Å². The number of allylic oxidation sites excluding steroid dienone is 6. The molecule has 0 aromatic heterocycles. The number of carbonyl (C=O) groups is 20. The van der Waals surface area contributed by atoms with Crippen LogP contribution in [0, 0.1) is 40.9 Å². The van der Waals surface area contributed by atoms with E-state index >= 15 is 9.59 Å². The number of thioether (sulfide) groups is 3. The Morgan fingerprint density at radius 3 is 1.56 bits per heavy atom. The van der Waals surface area contributed by atoms with Crippen LogP contribution < -0.4 is 49.1 Å². The highest BCUT2D eigenvalue weighted by molar-refractivity contribution is 8.00. The summed E-state index contributed by atoms with van der Waals surface area (Å²) < 4.78 is 54.2. The van der Waals surface area contributed by atoms with Gasteiger partial charge in [0, 0.05) is 101 Å². The summed E-state index contributed by atoms with van der Waals surface area (Å²) in [7, 11) is 4.03. The molecular weight excluding hydrogens is 1930 g/mol. The number of piperidine rings is 1. The van der Waals surface area contributed by atoms with E-state index in [2.05, 4.69) is 31.9 Å². The molecule has 20 N–H and O–H groups in total. The SMILES string of the molecule is CO[C@H]1C[C@@H]2CC[C@@H](C)[C@@](O)(O2)C(=O)C(=O)N2CCCC[C@H]2C(=O)OC([C@H](C)C[C@@H]2CC[C@@H](OC(=O)C(C)(COC(=O)CSC[C@H](NC(=O)CC[C@H](N)C(=O)O)C(=O)NCC(=O)O)COC(=O)CSC[C@H](NC(=O)CC[C@H](N)C(=O)O)C(=O)NCC(=O)O)[C@H](OC)C2)CC(=O)[C@H](C)/C=C(\C)[C@@H](OC(O)CSC[C@H](NC(=O)CC[C@H](N)C(=O)O)C(=O)NCC(=O)O)[C@@H](OC)C(=O)[C@H](C)C[C@@H](C)/C=C\C=CC=C1C. The molecule has 50 heteroatoms. The van der Waals surface area contributed by atoms with Crippen LogP contribution in [0.5, 0.6) is 0 Å². The molecule has 4 aliphatic rings. The standard InChI is InChI=1S/C92H140N10O37S3/c1-48-17-13-12-14-18-49(2)66(131-9)35-56-22-20-54(7)92(130,139-56)81(117)85(121)102-30-16-15-19-63(102)89(128)136-67(36-64(103)50(3)32-53(6)79(80(133-11)78(116)52(5)31-48)138-77(115)45-142-42-62(84(120)98-39-74(111)112)101-71(106)29-25-59(95)88(126)127)51(4)33-55-21-26-65(68(34-55)132-10)137-90(129)91(8,46-134-75(113)43-140-40-60(82(118)96-37-72(107)108)99-69(104)27-23-57(93)86(122)123)47-135-76(114)44-141-41-61(83(119)97-38-73(109)110)100-70(105)28-24-58(94)87(124)125/h12-14,17-18,32,48,50-52,54-63,65-68,77,79-80,115,130H,15-16,19-31,33-47,93-95H2,1-11H3,(H,96,118)(H,97,119)(H,98,120)(H,99,104)(H,100,105)(H,101,106)(H,107,108)(H,109,110)(H,111,112)(H,122,123)(H,124,125)(H,126,127)/b14-12?,17-13-,49-18?,53-32+/t48-,50+,51+,52+,54+,55-,56-,57-,58-,59-,60-,61-,62-,63-,65+,66-,67?,68+,77?,79+,80-,92+/m0/s1. The van der Waals surface area contributed by atoms with E-state index in [9.17, 15) is 127 Å². The molecule has 22 atom stereocenters. The second-order valence-electron chi connectivity index (χ2n) is 36.1. The number of esters is 4. The van der Waals surface area contributed by atoms with E-state index in [-0.39, 0.29) is 94.4 Å². The molecule has 2 bridgehead atoms. The zero-order valence-electron chi connectivity index (χ0n) is 81.6. The molecule has 47 nitrogen and oxygen atoms in total. The van der Waals surface area contributed by atoms with Crippen LogP contribution in [0.15, 0.2) is 47.6 Å². The Hall–Kier alpha value is -10.4. The number of cyclic esters (lactones) is 1. The van der Waals surface area contributed by atoms with Gasteiger partial charge in [-0.25, -0.2) is 4.79 Å². The molecule has 7 amide bonds. The van der Waals surface area contributed by atoms with Gasteiger partial charge >= 0.3 is 59.7 Å². The molecule has 3 aliphatic heterocycles. The summed E-state index contributed by atoms with van der Waals surface area (Å²) in [5.41, 5.74) is 15.4. The van der Waals surface area contributed by atoms with Crippen molar-refractivity contribution in [1.82, 2.24) is 36.8 Å². The van der Waals surface area contributed by atoms with Gasteiger partial charge in [-0.2, -0.15) is 11.8 Å². The topological polar surface area (TPSA) is 740 Å². The lowest BCUT2D eigenvalue weighted by Crippen LogP contribution is -2.61. The summed E-state index contributed by atoms with van der Waals surface area (Å²) in [5.74, 6) is -31.9. The molecule has 3 heterocycles. The number of methoxy groups -OCH3 is 3. The molecule has 0 spiro atoms. The van der Waals surface area contributed by atoms with Gasteiger partial charge in [-0.1, -0.05) is 71.1 Å². The van der Waals surface area contributed by atoms with E-state index in [0.29, 0.717) is 42.8 Å². The normalized spacial score (nSPS) is 25.5. The van der Waals surface area contributed by atoms with Gasteiger partial charge in [-0.05, 0) is 133 Å². The van der Waals surface area contributed by atoms with E-state index in [0.717, 1.165) is 22.2 Å². The fraction of sp³-hybridized carbons (Fsp3) is 0.696. The monoisotopic (exact) mass is 2070 g/mol. The van der Waals surface area contributed by atoms with Gasteiger partial charge in [0.25, 0.3) is 11.7 Å². The predicted molar refractivity (Wildman–Crippen MR) is 508 cm³/mol. The number of rotatable bonds is 50. The number of carbonyl (C=O) groups excluding carboxylic acids is 14. The number of carboxylic acids is 6. The van der Waals surface area contributed by atoms with Crippen LogP contribution in [0.1, 0.15) is 171 Å². The minimum Gasteiger partial charge on any atom is -0.480 e. The number of aliphatic carboxylic acids is 6. The molecule has 0 aromatic rings. The van der Waals surface area contributed by atoms with Crippen LogP contribution in [-0.2, 0) is 139 Å². The van der Waals surface area contributed by atoms with E-state index in [1.165, 1.54) is 48.2 Å². The number of carboxylic acid groups (broad SMARTS) is 6. The van der Waals surface area contributed by atoms with Crippen molar-refractivity contribution in [2.45, 2.75) is 268 Å². The molecule has 1 aliphatic carbocycles. The Labute approximate surface area is 834 Å². The predicted octanol–water partition coefficient (Wildman–Crippen LogP) is -0.000400. The average Bonchev–Trinajstić information content (AvgIpc) is 0.770. The molecule has 1 saturated carbocycles. The van der Waals surface area contributed by atoms with Gasteiger partial charge < -0.3 is 137 Å². The first kappa shape index (κ1) is 124. The van der Waals surface area contributed by atoms with Crippen molar-refractivity contribution < 1.29 is 179 Å². The second kappa shape index (κ2) is 62.3. The van der Waals surface area contributed by atoms with Crippen molar-refractivity contribution >= 4 is 154 Å². The molecule has 0 radical (unpaired) electrons. The van der Waals surface area contributed by atoms with Gasteiger partial charge in [-0.15, -0.1) is 23.5 Å². The highest BCUT2D eigenvalue weighted by atomic mass is 32.2.